The summed E-state index contributed by atoms with van der Waals surface area (Å²) in [6.07, 6.45) is 4.07. The molecule has 10 heteroatoms. The van der Waals surface area contributed by atoms with Crippen molar-refractivity contribution in [2.45, 2.75) is 33.1 Å². The molecule has 0 saturated heterocycles. The summed E-state index contributed by atoms with van der Waals surface area (Å²) in [5, 5.41) is 0.664. The second-order valence-electron chi connectivity index (χ2n) is 6.63. The molecule has 0 atom stereocenters. The molecule has 0 aliphatic carbocycles. The van der Waals surface area contributed by atoms with E-state index in [4.69, 9.17) is 22.3 Å². The predicted molar refractivity (Wildman–Crippen MR) is 116 cm³/mol. The normalized spacial score (nSPS) is 9.65. The minimum Gasteiger partial charge on any atom is -1.00 e. The number of fused-ring (bicyclic) bond motifs is 1. The maximum absolute atomic E-state index is 13.0. The first kappa shape index (κ1) is 32.8. The quantitative estimate of drug-likeness (QED) is 0.286. The fourth-order valence-electron chi connectivity index (χ4n) is 3.30. The molecule has 0 saturated carbocycles. The van der Waals surface area contributed by atoms with Crippen LogP contribution < -0.4 is 59.8 Å². The van der Waals surface area contributed by atoms with Gasteiger partial charge in [0.15, 0.2) is 5.65 Å². The molecule has 6 nitrogen and oxygen atoms in total. The Labute approximate surface area is 237 Å². The molecule has 0 spiro atoms. The Hall–Kier alpha value is -0.422. The smallest absolute Gasteiger partial charge is 1.00 e. The molecule has 1 aromatic carbocycles. The van der Waals surface area contributed by atoms with Crippen molar-refractivity contribution in [2.75, 3.05) is 18.8 Å². The van der Waals surface area contributed by atoms with E-state index in [1.165, 1.54) is 0 Å². The fraction of sp³-hybridized carbons (Fsp3) is 0.333. The van der Waals surface area contributed by atoms with Gasteiger partial charge in [0.1, 0.15) is 0 Å². The van der Waals surface area contributed by atoms with Crippen molar-refractivity contribution in [3.63, 3.8) is 0 Å². The molecular weight excluding hydrogens is 823 g/mol. The zero-order valence-corrected chi connectivity index (χ0v) is 24.9. The molecule has 0 aliphatic rings. The summed E-state index contributed by atoms with van der Waals surface area (Å²) in [4.78, 5) is 19.7. The van der Waals surface area contributed by atoms with Gasteiger partial charge in [0.25, 0.3) is 0 Å². The van der Waals surface area contributed by atoms with Crippen LogP contribution >= 0.6 is 11.6 Å². The number of nitrogens with two attached hydrogens (primary N) is 1. The van der Waals surface area contributed by atoms with Crippen LogP contribution in [-0.2, 0) is 32.3 Å². The van der Waals surface area contributed by atoms with Crippen LogP contribution in [-0.4, -0.2) is 33.3 Å². The van der Waals surface area contributed by atoms with Gasteiger partial charge < -0.3 is 69.1 Å². The molecule has 5 N–H and O–H groups in total. The molecule has 0 aliphatic heterocycles. The maximum atomic E-state index is 13.0. The third-order valence-electron chi connectivity index (χ3n) is 4.56. The van der Waals surface area contributed by atoms with E-state index in [1.807, 2.05) is 51.9 Å². The Morgan fingerprint density at radius 2 is 1.68 bits per heavy atom. The first-order valence-corrected chi connectivity index (χ1v) is 9.72. The third-order valence-corrected chi connectivity index (χ3v) is 4.81. The molecule has 3 rings (SSSR count). The van der Waals surface area contributed by atoms with E-state index in [9.17, 15) is 4.79 Å². The molecule has 2 aromatic heterocycles. The predicted octanol–water partition coefficient (Wildman–Crippen LogP) is -1.40. The van der Waals surface area contributed by atoms with Crippen molar-refractivity contribution >= 4 is 28.8 Å². The molecular formula is C21H28ClI2N5OPt. The van der Waals surface area contributed by atoms with Gasteiger partial charge in [-0.25, -0.2) is 4.98 Å². The Kier molecular flexibility index (Phi) is 16.3. The number of benzene rings is 1. The van der Waals surface area contributed by atoms with Crippen LogP contribution in [0.15, 0.2) is 42.6 Å². The second-order valence-corrected chi connectivity index (χ2v) is 7.07. The molecule has 1 amide bonds. The van der Waals surface area contributed by atoms with E-state index in [1.54, 1.807) is 0 Å². The Bertz CT molecular complexity index is 947. The van der Waals surface area contributed by atoms with Gasteiger partial charge in [-0.15, -0.1) is 0 Å². The van der Waals surface area contributed by atoms with Crippen molar-refractivity contribution in [3.8, 4) is 11.3 Å². The van der Waals surface area contributed by atoms with Gasteiger partial charge in [0, 0.05) is 29.9 Å². The van der Waals surface area contributed by atoms with Crippen molar-refractivity contribution in [1.82, 2.24) is 20.4 Å². The monoisotopic (exact) mass is 850 g/mol. The second kappa shape index (κ2) is 15.4. The summed E-state index contributed by atoms with van der Waals surface area (Å²) in [5.41, 5.74) is 9.92. The molecule has 0 fully saturated rings. The average molecular weight is 851 g/mol. The fourth-order valence-corrected chi connectivity index (χ4v) is 3.43. The summed E-state index contributed by atoms with van der Waals surface area (Å²) >= 11 is 6.03. The summed E-state index contributed by atoms with van der Waals surface area (Å²) in [6, 6.07) is 11.2. The number of hydrogen-bond donors (Lipinski definition) is 2. The third kappa shape index (κ3) is 7.84. The minimum atomic E-state index is 0. The van der Waals surface area contributed by atoms with Crippen LogP contribution in [0.25, 0.3) is 16.9 Å². The van der Waals surface area contributed by atoms with Gasteiger partial charge in [-0.05, 0) is 37.1 Å². The summed E-state index contributed by atoms with van der Waals surface area (Å²) < 4.78 is 1.92. The van der Waals surface area contributed by atoms with Crippen molar-refractivity contribution in [3.05, 3.63) is 53.3 Å². The molecule has 31 heavy (non-hydrogen) atoms. The Morgan fingerprint density at radius 3 is 2.23 bits per heavy atom. The van der Waals surface area contributed by atoms with Gasteiger partial charge in [0.2, 0.25) is 5.91 Å². The van der Waals surface area contributed by atoms with Gasteiger partial charge in [0.05, 0.1) is 23.5 Å². The topological polar surface area (TPSA) is 98.6 Å². The number of nitrogen functional groups attached to an aromatic ring is 1. The molecule has 3 aromatic rings. The van der Waals surface area contributed by atoms with Gasteiger partial charge in [-0.3, -0.25) is 4.79 Å². The van der Waals surface area contributed by atoms with E-state index >= 15 is 0 Å². The first-order valence-electron chi connectivity index (χ1n) is 9.34. The number of carbonyl (C=O) groups excluding carboxylic acids is 1. The minimum absolute atomic E-state index is 0. The van der Waals surface area contributed by atoms with Gasteiger partial charge in [-0.1, -0.05) is 37.6 Å². The molecule has 2 heterocycles. The number of pyridine rings is 1. The largest absolute Gasteiger partial charge is 2.00 e. The number of rotatable bonds is 7. The zero-order chi connectivity index (χ0) is 19.4. The Balaban J connectivity index is 0. The molecule has 174 valence electrons. The van der Waals surface area contributed by atoms with Crippen LogP contribution in [0.5, 0.6) is 0 Å². The van der Waals surface area contributed by atoms with Crippen molar-refractivity contribution in [1.29, 1.82) is 0 Å². The van der Waals surface area contributed by atoms with E-state index in [0.717, 1.165) is 42.9 Å². The van der Waals surface area contributed by atoms with E-state index in [0.29, 0.717) is 16.4 Å². The summed E-state index contributed by atoms with van der Waals surface area (Å²) in [6.45, 7) is 5.71. The number of amides is 1. The molecule has 0 bridgehead atoms. The SMILES string of the molecule is CCCN(CCC)C(=O)Cc1c(-c2ccc(Cl)cc2)nc2c(N)cccn12.N.[I-].[I-].[Pt+2]. The van der Waals surface area contributed by atoms with Crippen LogP contribution in [0, 0.1) is 0 Å². The van der Waals surface area contributed by atoms with E-state index in [-0.39, 0.29) is 87.5 Å². The van der Waals surface area contributed by atoms with Gasteiger partial charge >= 0.3 is 21.1 Å². The van der Waals surface area contributed by atoms with Crippen LogP contribution in [0.3, 0.4) is 0 Å². The number of halogens is 3. The maximum Gasteiger partial charge on any atom is 2.00 e. The molecule has 0 unspecified atom stereocenters. The van der Waals surface area contributed by atoms with Crippen LogP contribution in [0.2, 0.25) is 5.02 Å². The van der Waals surface area contributed by atoms with Crippen LogP contribution in [0.1, 0.15) is 32.4 Å². The molecule has 0 radical (unpaired) electrons. The number of anilines is 1. The van der Waals surface area contributed by atoms with Crippen molar-refractivity contribution < 1.29 is 73.8 Å². The number of hydrogen-bond acceptors (Lipinski definition) is 4. The van der Waals surface area contributed by atoms with E-state index < -0.39 is 0 Å². The Morgan fingerprint density at radius 1 is 1.10 bits per heavy atom. The van der Waals surface area contributed by atoms with E-state index in [2.05, 4.69) is 13.8 Å². The number of nitrogens with zero attached hydrogens (tertiary/aromatic N) is 3. The average Bonchev–Trinajstić information content (AvgIpc) is 3.02. The van der Waals surface area contributed by atoms with Crippen molar-refractivity contribution in [2.24, 2.45) is 0 Å². The van der Waals surface area contributed by atoms with Gasteiger partial charge in [-0.2, -0.15) is 0 Å². The summed E-state index contributed by atoms with van der Waals surface area (Å²) in [5.74, 6) is 0.109. The number of imidazole rings is 1. The summed E-state index contributed by atoms with van der Waals surface area (Å²) in [7, 11) is 0. The zero-order valence-electron chi connectivity index (χ0n) is 17.6. The van der Waals surface area contributed by atoms with Crippen LogP contribution in [0.4, 0.5) is 5.69 Å². The number of carbonyl (C=O) groups is 1. The number of aromatic nitrogens is 2. The first-order chi connectivity index (χ1) is 13.0. The standard InChI is InChI=1S/C21H25ClN4O.2HI.H3N.Pt/c1-3-11-25(12-4-2)19(27)14-18-20(15-7-9-16(22)10-8-15)24-21-17(23)6-5-13-26(18)21;;;;/h5-10,13H,3-4,11-12,14,23H2,1-2H3;2*1H;1H3;/q;;;;+2/p-2.